The Balaban J connectivity index is 1.60. The first-order valence-electron chi connectivity index (χ1n) is 12.5. The van der Waals surface area contributed by atoms with Gasteiger partial charge in [0.25, 0.3) is 0 Å². The molecule has 4 heterocycles. The molecule has 1 aliphatic heterocycles. The van der Waals surface area contributed by atoms with Crippen LogP contribution in [0.3, 0.4) is 0 Å². The second-order valence-corrected chi connectivity index (χ2v) is 9.39. The number of hydrogen-bond donors (Lipinski definition) is 1. The van der Waals surface area contributed by atoms with Crippen molar-refractivity contribution in [3.63, 3.8) is 0 Å². The Bertz CT molecular complexity index is 1490. The van der Waals surface area contributed by atoms with Gasteiger partial charge in [-0.25, -0.2) is 14.2 Å². The number of pyridine rings is 1. The van der Waals surface area contributed by atoms with E-state index in [-0.39, 0.29) is 35.3 Å². The summed E-state index contributed by atoms with van der Waals surface area (Å²) in [4.78, 5) is 26.4. The molecule has 190 valence electrons. The lowest BCUT2D eigenvalue weighted by Crippen LogP contribution is -2.59. The van der Waals surface area contributed by atoms with Crippen molar-refractivity contribution in [1.82, 2.24) is 29.6 Å². The van der Waals surface area contributed by atoms with Crippen LogP contribution in [0, 0.1) is 17.1 Å². The lowest BCUT2D eigenvalue weighted by atomic mass is 9.94. The summed E-state index contributed by atoms with van der Waals surface area (Å²) in [7, 11) is 1.66. The highest BCUT2D eigenvalue weighted by Crippen LogP contribution is 2.36. The van der Waals surface area contributed by atoms with E-state index in [4.69, 9.17) is 0 Å². The summed E-state index contributed by atoms with van der Waals surface area (Å²) in [5, 5.41) is 16.8. The predicted molar refractivity (Wildman–Crippen MR) is 139 cm³/mol. The Hall–Kier alpha value is -4.10. The molecule has 2 unspecified atom stereocenters. The monoisotopic (exact) mass is 500 g/mol. The van der Waals surface area contributed by atoms with Gasteiger partial charge in [0.15, 0.2) is 5.82 Å². The quantitative estimate of drug-likeness (QED) is 0.432. The van der Waals surface area contributed by atoms with E-state index in [9.17, 15) is 14.4 Å². The number of hydrogen-bond acceptors (Lipinski definition) is 7. The minimum atomic E-state index is -0.360. The summed E-state index contributed by atoms with van der Waals surface area (Å²) in [5.74, 6) is 0.239. The summed E-state index contributed by atoms with van der Waals surface area (Å²) in [5.41, 5.74) is 3.02. The van der Waals surface area contributed by atoms with Crippen LogP contribution in [0.4, 0.5) is 10.2 Å². The SMILES string of the molecule is CCC1CN(c2nc(=O)n(C)c3ccc(C#N)nc23)[C@@H](CC)CN1C(c1ccc(F)cc1)c1ccn[nH]1. The number of anilines is 1. The van der Waals surface area contributed by atoms with Crippen LogP contribution in [-0.4, -0.2) is 54.8 Å². The van der Waals surface area contributed by atoms with E-state index in [1.807, 2.05) is 18.2 Å². The van der Waals surface area contributed by atoms with Crippen LogP contribution in [-0.2, 0) is 7.05 Å². The van der Waals surface area contributed by atoms with Crippen LogP contribution in [0.5, 0.6) is 0 Å². The molecule has 0 bridgehead atoms. The number of aromatic nitrogens is 5. The molecule has 0 radical (unpaired) electrons. The molecule has 0 amide bonds. The number of aryl methyl sites for hydroxylation is 1. The molecule has 5 rings (SSSR count). The minimum Gasteiger partial charge on any atom is -0.349 e. The third-order valence-electron chi connectivity index (χ3n) is 7.34. The molecule has 1 aliphatic rings. The van der Waals surface area contributed by atoms with E-state index < -0.39 is 0 Å². The van der Waals surface area contributed by atoms with Gasteiger partial charge in [-0.3, -0.25) is 14.6 Å². The molecule has 3 atom stereocenters. The maximum absolute atomic E-state index is 13.8. The molecule has 1 aromatic carbocycles. The van der Waals surface area contributed by atoms with Gasteiger partial charge < -0.3 is 4.90 Å². The summed E-state index contributed by atoms with van der Waals surface area (Å²) in [6.07, 6.45) is 3.38. The van der Waals surface area contributed by atoms with Crippen LogP contribution >= 0.6 is 0 Å². The molecule has 1 saturated heterocycles. The van der Waals surface area contributed by atoms with Crippen molar-refractivity contribution in [1.29, 1.82) is 5.26 Å². The molecule has 0 saturated carbocycles. The zero-order valence-corrected chi connectivity index (χ0v) is 21.1. The smallest absolute Gasteiger partial charge is 0.349 e. The van der Waals surface area contributed by atoms with E-state index in [2.05, 4.69) is 49.9 Å². The van der Waals surface area contributed by atoms with Gasteiger partial charge in [-0.2, -0.15) is 15.3 Å². The highest BCUT2D eigenvalue weighted by Gasteiger charge is 2.39. The number of halogens is 1. The Morgan fingerprint density at radius 3 is 2.49 bits per heavy atom. The average Bonchev–Trinajstić information content (AvgIpc) is 3.46. The molecule has 1 N–H and O–H groups in total. The van der Waals surface area contributed by atoms with Crippen molar-refractivity contribution in [2.24, 2.45) is 7.05 Å². The zero-order chi connectivity index (χ0) is 26.1. The second-order valence-electron chi connectivity index (χ2n) is 9.39. The maximum atomic E-state index is 13.8. The van der Waals surface area contributed by atoms with E-state index in [0.29, 0.717) is 29.9 Å². The van der Waals surface area contributed by atoms with Crippen molar-refractivity contribution >= 4 is 16.9 Å². The molecule has 10 heteroatoms. The molecule has 0 aliphatic carbocycles. The van der Waals surface area contributed by atoms with E-state index in [1.54, 1.807) is 25.4 Å². The van der Waals surface area contributed by atoms with Gasteiger partial charge in [0.05, 0.1) is 17.3 Å². The number of nitrogens with one attached hydrogen (secondary N) is 1. The van der Waals surface area contributed by atoms with E-state index in [1.165, 1.54) is 16.7 Å². The van der Waals surface area contributed by atoms with Crippen LogP contribution < -0.4 is 10.6 Å². The van der Waals surface area contributed by atoms with Gasteiger partial charge in [-0.1, -0.05) is 26.0 Å². The second kappa shape index (κ2) is 10.1. The number of nitrogens with zero attached hydrogens (tertiary/aromatic N) is 7. The van der Waals surface area contributed by atoms with Crippen molar-refractivity contribution < 1.29 is 4.39 Å². The fraction of sp³-hybridized carbons (Fsp3) is 0.370. The summed E-state index contributed by atoms with van der Waals surface area (Å²) >= 11 is 0. The fourth-order valence-electron chi connectivity index (χ4n) is 5.35. The molecular weight excluding hydrogens is 471 g/mol. The van der Waals surface area contributed by atoms with Gasteiger partial charge in [0.1, 0.15) is 23.1 Å². The number of piperazine rings is 1. The van der Waals surface area contributed by atoms with Crippen molar-refractivity contribution in [2.75, 3.05) is 18.0 Å². The molecule has 1 fully saturated rings. The molecule has 37 heavy (non-hydrogen) atoms. The fourth-order valence-corrected chi connectivity index (χ4v) is 5.35. The van der Waals surface area contributed by atoms with Gasteiger partial charge in [0.2, 0.25) is 0 Å². The van der Waals surface area contributed by atoms with Crippen LogP contribution in [0.2, 0.25) is 0 Å². The van der Waals surface area contributed by atoms with E-state index >= 15 is 0 Å². The number of rotatable bonds is 6. The number of nitriles is 1. The Labute approximate surface area is 214 Å². The van der Waals surface area contributed by atoms with E-state index in [0.717, 1.165) is 24.1 Å². The lowest BCUT2D eigenvalue weighted by Gasteiger charge is -2.49. The molecule has 4 aromatic rings. The highest BCUT2D eigenvalue weighted by atomic mass is 19.1. The third-order valence-corrected chi connectivity index (χ3v) is 7.34. The highest BCUT2D eigenvalue weighted by molar-refractivity contribution is 5.86. The lowest BCUT2D eigenvalue weighted by molar-refractivity contribution is 0.108. The first-order chi connectivity index (χ1) is 17.9. The number of benzene rings is 1. The summed E-state index contributed by atoms with van der Waals surface area (Å²) < 4.78 is 15.2. The third kappa shape index (κ3) is 4.47. The van der Waals surface area contributed by atoms with Crippen LogP contribution in [0.1, 0.15) is 49.7 Å². The number of aromatic amines is 1. The van der Waals surface area contributed by atoms with Crippen LogP contribution in [0.25, 0.3) is 11.0 Å². The first-order valence-corrected chi connectivity index (χ1v) is 12.5. The average molecular weight is 501 g/mol. The normalized spacial score (nSPS) is 19.2. The van der Waals surface area contributed by atoms with Gasteiger partial charge >= 0.3 is 5.69 Å². The molecule has 3 aromatic heterocycles. The Morgan fingerprint density at radius 1 is 1.08 bits per heavy atom. The van der Waals surface area contributed by atoms with Crippen molar-refractivity contribution in [2.45, 2.75) is 44.8 Å². The molecular formula is C27H29FN8O. The largest absolute Gasteiger partial charge is 0.349 e. The van der Waals surface area contributed by atoms with Gasteiger partial charge in [-0.05, 0) is 48.7 Å². The van der Waals surface area contributed by atoms with Gasteiger partial charge in [0, 0.05) is 38.4 Å². The number of fused-ring (bicyclic) bond motifs is 1. The van der Waals surface area contributed by atoms with Crippen molar-refractivity contribution in [3.8, 4) is 6.07 Å². The zero-order valence-electron chi connectivity index (χ0n) is 21.1. The first kappa shape index (κ1) is 24.6. The van der Waals surface area contributed by atoms with Gasteiger partial charge in [-0.15, -0.1) is 0 Å². The summed E-state index contributed by atoms with van der Waals surface area (Å²) in [6, 6.07) is 14.0. The predicted octanol–water partition coefficient (Wildman–Crippen LogP) is 3.53. The van der Waals surface area contributed by atoms with Crippen molar-refractivity contribution in [3.05, 3.63) is 81.9 Å². The maximum Gasteiger partial charge on any atom is 0.349 e. The topological polar surface area (TPSA) is 107 Å². The number of H-pyrrole nitrogens is 1. The van der Waals surface area contributed by atoms with Crippen LogP contribution in [0.15, 0.2) is 53.5 Å². The standard InChI is InChI=1S/C27H29FN8O/c1-4-20-16-36(26-24-23(34(3)27(37)32-26)11-10-19(14-29)31-24)21(5-2)15-35(20)25(22-12-13-30-33-22)17-6-8-18(28)9-7-17/h6-13,20-21,25H,4-5,15-16H2,1-3H3,(H,30,33)/t20?,21-,25?/m0/s1. The summed E-state index contributed by atoms with van der Waals surface area (Å²) in [6.45, 7) is 5.56. The molecule has 0 spiro atoms. The Kier molecular flexibility index (Phi) is 6.72. The Morgan fingerprint density at radius 2 is 1.84 bits per heavy atom. The molecule has 9 nitrogen and oxygen atoms in total. The minimum absolute atomic E-state index is 0.0315.